The highest BCUT2D eigenvalue weighted by Gasteiger charge is 2.33. The van der Waals surface area contributed by atoms with E-state index in [1.807, 2.05) is 0 Å². The van der Waals surface area contributed by atoms with Crippen LogP contribution in [-0.4, -0.2) is 30.9 Å². The molecule has 204 valence electrons. The smallest absolute Gasteiger partial charge is 0.303 e. The molecule has 40 heavy (non-hydrogen) atoms. The minimum Gasteiger partial charge on any atom is -0.481 e. The number of nitrogens with zero attached hydrogens (tertiary/aromatic N) is 3. The Balaban J connectivity index is 1.55. The van der Waals surface area contributed by atoms with E-state index in [4.69, 9.17) is 14.6 Å². The molecule has 1 atom stereocenters. The van der Waals surface area contributed by atoms with E-state index in [2.05, 4.69) is 5.16 Å². The van der Waals surface area contributed by atoms with Gasteiger partial charge in [0.25, 0.3) is 5.56 Å². The zero-order valence-electron chi connectivity index (χ0n) is 21.5. The van der Waals surface area contributed by atoms with Gasteiger partial charge in [-0.2, -0.15) is 0 Å². The Morgan fingerprint density at radius 1 is 1.02 bits per heavy atom. The maximum absolute atomic E-state index is 14.4. The molecule has 8 nitrogen and oxygen atoms in total. The van der Waals surface area contributed by atoms with Gasteiger partial charge in [-0.05, 0) is 62.2 Å². The summed E-state index contributed by atoms with van der Waals surface area (Å²) in [5.41, 5.74) is -0.394. The third-order valence-electron chi connectivity index (χ3n) is 6.75. The lowest BCUT2D eigenvalue weighted by Crippen LogP contribution is -2.24. The molecule has 2 N–H and O–H groups in total. The molecule has 2 aromatic heterocycles. The first-order valence-electron chi connectivity index (χ1n) is 12.6. The molecule has 0 aliphatic rings. The second kappa shape index (κ2) is 10.8. The van der Waals surface area contributed by atoms with Crippen LogP contribution in [0.4, 0.5) is 8.78 Å². The number of halogens is 2. The van der Waals surface area contributed by atoms with Crippen LogP contribution in [0.15, 0.2) is 82.1 Å². The Kier molecular flexibility index (Phi) is 7.27. The average Bonchev–Trinajstić information content (AvgIpc) is 3.43. The van der Waals surface area contributed by atoms with Crippen molar-refractivity contribution in [3.63, 3.8) is 0 Å². The highest BCUT2D eigenvalue weighted by atomic mass is 19.1. The quantitative estimate of drug-likeness (QED) is 0.239. The van der Waals surface area contributed by atoms with Crippen molar-refractivity contribution in [2.75, 3.05) is 0 Å². The molecule has 3 aromatic carbocycles. The third kappa shape index (κ3) is 5.26. The van der Waals surface area contributed by atoms with Gasteiger partial charge in [0.05, 0.1) is 16.6 Å². The minimum atomic E-state index is -1.78. The van der Waals surface area contributed by atoms with Crippen molar-refractivity contribution in [3.05, 3.63) is 112 Å². The number of aliphatic hydroxyl groups is 1. The summed E-state index contributed by atoms with van der Waals surface area (Å²) < 4.78 is 34.7. The number of benzene rings is 3. The molecule has 0 spiro atoms. The van der Waals surface area contributed by atoms with Crippen LogP contribution in [0.1, 0.15) is 43.3 Å². The molecule has 0 aliphatic heterocycles. The van der Waals surface area contributed by atoms with Gasteiger partial charge in [0.1, 0.15) is 28.8 Å². The van der Waals surface area contributed by atoms with E-state index in [0.717, 1.165) is 0 Å². The number of rotatable bonds is 9. The monoisotopic (exact) mass is 545 g/mol. The molecular formula is C30H25F2N3O5. The standard InChI is InChI=1S/C30H25F2N3O5/c1-30(39,22-6-2-3-7-23(22)32)26-17-24(34-40-26)18-10-15-21-25(16-18)33-27(8-4-5-9-28(36)37)35(29(21)38)20-13-11-19(31)12-14-20/h2-3,6-7,10-17,39H,4-5,8-9H2,1H3,(H,36,37). The molecule has 0 bridgehead atoms. The third-order valence-corrected chi connectivity index (χ3v) is 6.75. The predicted molar refractivity (Wildman–Crippen MR) is 143 cm³/mol. The van der Waals surface area contributed by atoms with E-state index in [-0.39, 0.29) is 23.3 Å². The molecular weight excluding hydrogens is 520 g/mol. The second-order valence-corrected chi connectivity index (χ2v) is 9.61. The number of carbonyl (C=O) groups is 1. The van der Waals surface area contributed by atoms with Crippen molar-refractivity contribution >= 4 is 16.9 Å². The Hall–Kier alpha value is -4.70. The number of aryl methyl sites for hydroxylation is 1. The fourth-order valence-corrected chi connectivity index (χ4v) is 4.60. The first-order chi connectivity index (χ1) is 19.1. The number of carboxylic acids is 1. The maximum atomic E-state index is 14.4. The van der Waals surface area contributed by atoms with E-state index < -0.39 is 23.2 Å². The predicted octanol–water partition coefficient (Wildman–Crippen LogP) is 5.37. The SMILES string of the molecule is CC(O)(c1cc(-c2ccc3c(=O)n(-c4ccc(F)cc4)c(CCCCC(=O)O)nc3c2)no1)c1ccccc1F. The van der Waals surface area contributed by atoms with Crippen LogP contribution < -0.4 is 5.56 Å². The van der Waals surface area contributed by atoms with E-state index >= 15 is 0 Å². The summed E-state index contributed by atoms with van der Waals surface area (Å²) in [6, 6.07) is 17.7. The molecule has 2 heterocycles. The second-order valence-electron chi connectivity index (χ2n) is 9.61. The zero-order valence-corrected chi connectivity index (χ0v) is 21.5. The minimum absolute atomic E-state index is 0.0103. The number of aromatic nitrogens is 3. The van der Waals surface area contributed by atoms with Gasteiger partial charge < -0.3 is 14.7 Å². The molecule has 1 unspecified atom stereocenters. The van der Waals surface area contributed by atoms with Crippen molar-refractivity contribution in [1.29, 1.82) is 0 Å². The van der Waals surface area contributed by atoms with Crippen molar-refractivity contribution < 1.29 is 28.3 Å². The number of aliphatic carboxylic acids is 1. The largest absolute Gasteiger partial charge is 0.481 e. The lowest BCUT2D eigenvalue weighted by Gasteiger charge is -2.20. The highest BCUT2D eigenvalue weighted by molar-refractivity contribution is 5.83. The number of unbranched alkanes of at least 4 members (excludes halogenated alkanes) is 1. The molecule has 0 radical (unpaired) electrons. The van der Waals surface area contributed by atoms with E-state index in [1.54, 1.807) is 24.3 Å². The molecule has 10 heteroatoms. The van der Waals surface area contributed by atoms with E-state index in [1.165, 1.54) is 60.0 Å². The Morgan fingerprint density at radius 3 is 2.50 bits per heavy atom. The molecule has 5 rings (SSSR count). The van der Waals surface area contributed by atoms with Gasteiger partial charge in [-0.3, -0.25) is 14.2 Å². The van der Waals surface area contributed by atoms with Crippen LogP contribution >= 0.6 is 0 Å². The summed E-state index contributed by atoms with van der Waals surface area (Å²) in [6.07, 6.45) is 1.18. The van der Waals surface area contributed by atoms with Crippen molar-refractivity contribution in [2.24, 2.45) is 0 Å². The Labute approximate surface area is 227 Å². The normalized spacial score (nSPS) is 12.9. The van der Waals surface area contributed by atoms with Crippen molar-refractivity contribution in [1.82, 2.24) is 14.7 Å². The van der Waals surface area contributed by atoms with Gasteiger partial charge >= 0.3 is 5.97 Å². The first kappa shape index (κ1) is 26.9. The fraction of sp³-hybridized carbons (Fsp3) is 0.200. The van der Waals surface area contributed by atoms with Crippen LogP contribution in [0.3, 0.4) is 0 Å². The lowest BCUT2D eigenvalue weighted by atomic mass is 9.92. The number of fused-ring (bicyclic) bond motifs is 1. The van der Waals surface area contributed by atoms with Gasteiger partial charge in [-0.1, -0.05) is 29.4 Å². The van der Waals surface area contributed by atoms with E-state index in [9.17, 15) is 23.5 Å². The lowest BCUT2D eigenvalue weighted by molar-refractivity contribution is -0.137. The van der Waals surface area contributed by atoms with E-state index in [0.29, 0.717) is 52.9 Å². The first-order valence-corrected chi connectivity index (χ1v) is 12.6. The fourth-order valence-electron chi connectivity index (χ4n) is 4.60. The van der Waals surface area contributed by atoms with Crippen LogP contribution in [0.25, 0.3) is 27.8 Å². The number of hydrogen-bond donors (Lipinski definition) is 2. The summed E-state index contributed by atoms with van der Waals surface area (Å²) in [7, 11) is 0. The Morgan fingerprint density at radius 2 is 1.77 bits per heavy atom. The van der Waals surface area contributed by atoms with Gasteiger partial charge in [0.2, 0.25) is 0 Å². The number of carboxylic acid groups (broad SMARTS) is 1. The van der Waals surface area contributed by atoms with Crippen LogP contribution in [0.5, 0.6) is 0 Å². The molecule has 0 saturated carbocycles. The summed E-state index contributed by atoms with van der Waals surface area (Å²) in [6.45, 7) is 1.41. The summed E-state index contributed by atoms with van der Waals surface area (Å²) in [5, 5.41) is 24.4. The van der Waals surface area contributed by atoms with Gasteiger partial charge in [0.15, 0.2) is 5.76 Å². The van der Waals surface area contributed by atoms with Gasteiger partial charge in [-0.15, -0.1) is 0 Å². The van der Waals surface area contributed by atoms with Crippen molar-refractivity contribution in [2.45, 2.75) is 38.2 Å². The van der Waals surface area contributed by atoms with Crippen LogP contribution in [0, 0.1) is 11.6 Å². The molecule has 0 amide bonds. The summed E-state index contributed by atoms with van der Waals surface area (Å²) in [5.74, 6) is -1.51. The summed E-state index contributed by atoms with van der Waals surface area (Å²) >= 11 is 0. The Bertz CT molecular complexity index is 1760. The highest BCUT2D eigenvalue weighted by Crippen LogP contribution is 2.33. The molecule has 0 saturated heterocycles. The zero-order chi connectivity index (χ0) is 28.4. The van der Waals surface area contributed by atoms with Crippen molar-refractivity contribution in [3.8, 4) is 16.9 Å². The number of hydrogen-bond acceptors (Lipinski definition) is 6. The molecule has 0 fully saturated rings. The molecule has 0 aliphatic carbocycles. The van der Waals surface area contributed by atoms with Gasteiger partial charge in [-0.25, -0.2) is 13.8 Å². The van der Waals surface area contributed by atoms with Gasteiger partial charge in [0, 0.05) is 30.0 Å². The van der Waals surface area contributed by atoms with Crippen LogP contribution in [0.2, 0.25) is 0 Å². The molecule has 5 aromatic rings. The average molecular weight is 546 g/mol. The maximum Gasteiger partial charge on any atom is 0.303 e. The van der Waals surface area contributed by atoms with Crippen LogP contribution in [-0.2, 0) is 16.8 Å². The summed E-state index contributed by atoms with van der Waals surface area (Å²) in [4.78, 5) is 29.2. The topological polar surface area (TPSA) is 118 Å².